The lowest BCUT2D eigenvalue weighted by molar-refractivity contribution is -0.0704. The van der Waals surface area contributed by atoms with Gasteiger partial charge < -0.3 is 15.0 Å². The van der Waals surface area contributed by atoms with E-state index in [1.54, 1.807) is 0 Å². The van der Waals surface area contributed by atoms with E-state index in [1.807, 2.05) is 17.0 Å². The van der Waals surface area contributed by atoms with E-state index < -0.39 is 0 Å². The fraction of sp³-hybridized carbons (Fsp3) is 0.632. The molecule has 0 radical (unpaired) electrons. The summed E-state index contributed by atoms with van der Waals surface area (Å²) in [4.78, 5) is 17.1. The van der Waals surface area contributed by atoms with Gasteiger partial charge in [-0.25, -0.2) is 0 Å². The van der Waals surface area contributed by atoms with Gasteiger partial charge in [0.1, 0.15) is 0 Å². The van der Waals surface area contributed by atoms with Crippen molar-refractivity contribution in [2.24, 2.45) is 0 Å². The predicted octanol–water partition coefficient (Wildman–Crippen LogP) is 2.57. The first-order valence-corrected chi connectivity index (χ1v) is 9.01. The molecule has 1 aromatic rings. The van der Waals surface area contributed by atoms with E-state index >= 15 is 0 Å². The van der Waals surface area contributed by atoms with E-state index in [2.05, 4.69) is 43.1 Å². The Bertz CT molecular complexity index is 560. The van der Waals surface area contributed by atoms with Crippen molar-refractivity contribution < 1.29 is 9.53 Å². The summed E-state index contributed by atoms with van der Waals surface area (Å²) < 4.78 is 5.78. The first-order valence-electron chi connectivity index (χ1n) is 9.01. The molecule has 2 aliphatic heterocycles. The number of nitrogens with one attached hydrogen (secondary N) is 1. The topological polar surface area (TPSA) is 44.8 Å². The van der Waals surface area contributed by atoms with Crippen molar-refractivity contribution in [2.45, 2.75) is 45.6 Å². The number of amides is 1. The van der Waals surface area contributed by atoms with Crippen LogP contribution in [0.4, 0.5) is 0 Å². The van der Waals surface area contributed by atoms with E-state index in [0.717, 1.165) is 44.8 Å². The minimum absolute atomic E-state index is 0. The maximum absolute atomic E-state index is 12.7. The van der Waals surface area contributed by atoms with Gasteiger partial charge in [0.2, 0.25) is 0 Å². The molecule has 0 bridgehead atoms. The van der Waals surface area contributed by atoms with Gasteiger partial charge in [-0.2, -0.15) is 0 Å². The molecule has 5 nitrogen and oxygen atoms in total. The third-order valence-corrected chi connectivity index (χ3v) is 4.86. The number of hydrogen-bond acceptors (Lipinski definition) is 4. The summed E-state index contributed by atoms with van der Waals surface area (Å²) in [7, 11) is 0. The number of hydrogen-bond donors (Lipinski definition) is 1. The third kappa shape index (κ3) is 5.83. The Kier molecular flexibility index (Phi) is 9.34. The highest BCUT2D eigenvalue weighted by Gasteiger charge is 2.24. The molecular weight excluding hydrogens is 373 g/mol. The first-order chi connectivity index (χ1) is 11.5. The van der Waals surface area contributed by atoms with Gasteiger partial charge in [0, 0.05) is 50.9 Å². The molecule has 2 aliphatic rings. The van der Waals surface area contributed by atoms with Gasteiger partial charge in [-0.05, 0) is 38.5 Å². The van der Waals surface area contributed by atoms with E-state index in [9.17, 15) is 4.79 Å². The van der Waals surface area contributed by atoms with Crippen molar-refractivity contribution in [3.05, 3.63) is 35.4 Å². The van der Waals surface area contributed by atoms with Gasteiger partial charge in [-0.15, -0.1) is 24.8 Å². The summed E-state index contributed by atoms with van der Waals surface area (Å²) in [6, 6.07) is 8.37. The zero-order valence-corrected chi connectivity index (χ0v) is 17.4. The number of carbonyl (C=O) groups excluding carboxylic acids is 1. The quantitative estimate of drug-likeness (QED) is 0.841. The molecule has 2 heterocycles. The molecule has 0 saturated carbocycles. The van der Waals surface area contributed by atoms with E-state index in [1.165, 1.54) is 5.56 Å². The minimum Gasteiger partial charge on any atom is -0.373 e. The zero-order chi connectivity index (χ0) is 17.1. The van der Waals surface area contributed by atoms with E-state index in [0.29, 0.717) is 0 Å². The Hall–Kier alpha value is -0.850. The molecule has 1 aromatic carbocycles. The lowest BCUT2D eigenvalue weighted by Gasteiger charge is -2.35. The molecule has 3 atom stereocenters. The number of piperazine rings is 1. The molecule has 1 amide bonds. The summed E-state index contributed by atoms with van der Waals surface area (Å²) in [6.07, 6.45) is 0.563. The SMILES string of the molecule is CC1CN(Cc2ccc(C(=O)N3CCNC[C@@H]3C)cc2)CC(C)O1.Cl.Cl. The van der Waals surface area contributed by atoms with Crippen molar-refractivity contribution in [3.8, 4) is 0 Å². The highest BCUT2D eigenvalue weighted by atomic mass is 35.5. The second-order valence-electron chi connectivity index (χ2n) is 7.20. The van der Waals surface area contributed by atoms with Crippen molar-refractivity contribution in [1.29, 1.82) is 0 Å². The van der Waals surface area contributed by atoms with Gasteiger partial charge in [-0.1, -0.05) is 12.1 Å². The maximum atomic E-state index is 12.7. The van der Waals surface area contributed by atoms with Crippen LogP contribution in [0, 0.1) is 0 Å². The second-order valence-corrected chi connectivity index (χ2v) is 7.20. The molecule has 0 aromatic heterocycles. The molecule has 1 N–H and O–H groups in total. The summed E-state index contributed by atoms with van der Waals surface area (Å²) >= 11 is 0. The number of ether oxygens (including phenoxy) is 1. The van der Waals surface area contributed by atoms with Gasteiger partial charge in [-0.3, -0.25) is 9.69 Å². The Morgan fingerprint density at radius 3 is 2.31 bits per heavy atom. The highest BCUT2D eigenvalue weighted by molar-refractivity contribution is 5.94. The van der Waals surface area contributed by atoms with Crippen molar-refractivity contribution in [2.75, 3.05) is 32.7 Å². The fourth-order valence-electron chi connectivity index (χ4n) is 3.73. The van der Waals surface area contributed by atoms with Crippen LogP contribution in [0.15, 0.2) is 24.3 Å². The number of morpholine rings is 1. The van der Waals surface area contributed by atoms with Gasteiger partial charge in [0.25, 0.3) is 5.91 Å². The number of benzene rings is 1. The van der Waals surface area contributed by atoms with Crippen LogP contribution in [0.3, 0.4) is 0 Å². The van der Waals surface area contributed by atoms with Crippen LogP contribution in [0.5, 0.6) is 0 Å². The number of nitrogens with zero attached hydrogens (tertiary/aromatic N) is 2. The van der Waals surface area contributed by atoms with Crippen LogP contribution in [-0.2, 0) is 11.3 Å². The molecule has 7 heteroatoms. The Balaban J connectivity index is 0.00000169. The standard InChI is InChI=1S/C19H29N3O2.2ClH/c1-14-10-20-8-9-22(14)19(23)18-6-4-17(5-7-18)13-21-11-15(2)24-16(3)12-21;;/h4-7,14-16,20H,8-13H2,1-3H3;2*1H/t14-,15?,16?;;/m0../s1. The monoisotopic (exact) mass is 403 g/mol. The van der Waals surface area contributed by atoms with Crippen LogP contribution < -0.4 is 5.32 Å². The average Bonchev–Trinajstić information content (AvgIpc) is 2.54. The molecule has 0 aliphatic carbocycles. The molecule has 3 rings (SSSR count). The molecule has 2 fully saturated rings. The number of halogens is 2. The summed E-state index contributed by atoms with van der Waals surface area (Å²) in [5.41, 5.74) is 2.04. The second kappa shape index (κ2) is 10.5. The van der Waals surface area contributed by atoms with Gasteiger partial charge in [0.15, 0.2) is 0 Å². The molecule has 148 valence electrons. The van der Waals surface area contributed by atoms with Crippen LogP contribution in [0.25, 0.3) is 0 Å². The first kappa shape index (κ1) is 23.2. The Morgan fingerprint density at radius 2 is 1.73 bits per heavy atom. The predicted molar refractivity (Wildman–Crippen MR) is 110 cm³/mol. The van der Waals surface area contributed by atoms with Gasteiger partial charge in [0.05, 0.1) is 12.2 Å². The molecule has 0 spiro atoms. The van der Waals surface area contributed by atoms with Gasteiger partial charge >= 0.3 is 0 Å². The van der Waals surface area contributed by atoms with Crippen molar-refractivity contribution in [3.63, 3.8) is 0 Å². The number of carbonyl (C=O) groups is 1. The van der Waals surface area contributed by atoms with Crippen LogP contribution in [-0.4, -0.2) is 66.7 Å². The zero-order valence-electron chi connectivity index (χ0n) is 15.8. The summed E-state index contributed by atoms with van der Waals surface area (Å²) in [6.45, 7) is 11.7. The van der Waals surface area contributed by atoms with Crippen molar-refractivity contribution in [1.82, 2.24) is 15.1 Å². The largest absolute Gasteiger partial charge is 0.373 e. The maximum Gasteiger partial charge on any atom is 0.254 e. The molecule has 26 heavy (non-hydrogen) atoms. The highest BCUT2D eigenvalue weighted by Crippen LogP contribution is 2.16. The molecule has 2 unspecified atom stereocenters. The smallest absolute Gasteiger partial charge is 0.254 e. The van der Waals surface area contributed by atoms with Crippen LogP contribution in [0.1, 0.15) is 36.7 Å². The summed E-state index contributed by atoms with van der Waals surface area (Å²) in [5, 5.41) is 3.32. The minimum atomic E-state index is 0. The lowest BCUT2D eigenvalue weighted by atomic mass is 10.1. The van der Waals surface area contributed by atoms with Crippen molar-refractivity contribution >= 4 is 30.7 Å². The fourth-order valence-corrected chi connectivity index (χ4v) is 3.73. The molecule has 2 saturated heterocycles. The Morgan fingerprint density at radius 1 is 1.12 bits per heavy atom. The number of rotatable bonds is 3. The Labute approximate surface area is 169 Å². The van der Waals surface area contributed by atoms with Crippen LogP contribution >= 0.6 is 24.8 Å². The summed E-state index contributed by atoms with van der Waals surface area (Å²) in [5.74, 6) is 0.143. The van der Waals surface area contributed by atoms with Crippen LogP contribution in [0.2, 0.25) is 0 Å². The van der Waals surface area contributed by atoms with E-state index in [4.69, 9.17) is 4.74 Å². The third-order valence-electron chi connectivity index (χ3n) is 4.86. The molecular formula is C19H31Cl2N3O2. The lowest BCUT2D eigenvalue weighted by Crippen LogP contribution is -2.52. The average molecular weight is 404 g/mol. The normalized spacial score (nSPS) is 26.6. The van der Waals surface area contributed by atoms with E-state index in [-0.39, 0.29) is 49.0 Å².